The average molecular weight is 545 g/mol. The highest BCUT2D eigenvalue weighted by molar-refractivity contribution is 8.00. The lowest BCUT2D eigenvalue weighted by atomic mass is 10.2. The second kappa shape index (κ2) is 10.7. The summed E-state index contributed by atoms with van der Waals surface area (Å²) in [6.45, 7) is 4.04. The molecule has 2 N–H and O–H groups in total. The lowest BCUT2D eigenvalue weighted by molar-refractivity contribution is -0.113. The molecule has 0 radical (unpaired) electrons. The van der Waals surface area contributed by atoms with Crippen LogP contribution < -0.4 is 19.5 Å². The Morgan fingerprint density at radius 1 is 1.03 bits per heavy atom. The fourth-order valence-corrected chi connectivity index (χ4v) is 6.60. The van der Waals surface area contributed by atoms with E-state index in [-0.39, 0.29) is 22.3 Å². The third-order valence-corrected chi connectivity index (χ3v) is 8.86. The van der Waals surface area contributed by atoms with Crippen molar-refractivity contribution in [3.8, 4) is 11.5 Å². The molecule has 9 nitrogen and oxygen atoms in total. The highest BCUT2D eigenvalue weighted by Gasteiger charge is 2.21. The van der Waals surface area contributed by atoms with Crippen molar-refractivity contribution < 1.29 is 22.7 Å². The Balaban J connectivity index is 1.50. The van der Waals surface area contributed by atoms with E-state index in [1.165, 1.54) is 44.4 Å². The first-order valence-corrected chi connectivity index (χ1v) is 14.0. The molecular weight excluding hydrogens is 520 g/mol. The number of carbonyl (C=O) groups excluding carboxylic acids is 1. The van der Waals surface area contributed by atoms with E-state index in [9.17, 15) is 13.2 Å². The van der Waals surface area contributed by atoms with Crippen molar-refractivity contribution in [2.45, 2.75) is 23.8 Å². The number of methoxy groups -OCH3 is 2. The van der Waals surface area contributed by atoms with Gasteiger partial charge in [-0.1, -0.05) is 11.8 Å². The fourth-order valence-electron chi connectivity index (χ4n) is 3.42. The molecule has 1 amide bonds. The lowest BCUT2D eigenvalue weighted by Crippen LogP contribution is -2.17. The molecule has 0 atom stereocenters. The van der Waals surface area contributed by atoms with Crippen molar-refractivity contribution in [1.82, 2.24) is 9.97 Å². The molecule has 0 bridgehead atoms. The summed E-state index contributed by atoms with van der Waals surface area (Å²) in [6, 6.07) is 10.9. The molecule has 0 saturated heterocycles. The molecule has 188 valence electrons. The van der Waals surface area contributed by atoms with E-state index in [1.54, 1.807) is 41.7 Å². The van der Waals surface area contributed by atoms with Gasteiger partial charge in [0.15, 0.2) is 0 Å². The highest BCUT2D eigenvalue weighted by Crippen LogP contribution is 2.34. The minimum absolute atomic E-state index is 0.0959. The molecule has 0 aliphatic rings. The number of amides is 1. The van der Waals surface area contributed by atoms with Crippen LogP contribution in [0.2, 0.25) is 0 Å². The fraction of sp³-hybridized carbons (Fsp3) is 0.208. The summed E-state index contributed by atoms with van der Waals surface area (Å²) in [5.74, 6) is 0.548. The van der Waals surface area contributed by atoms with Crippen LogP contribution in [0, 0.1) is 13.8 Å². The average Bonchev–Trinajstić information content (AvgIpc) is 3.16. The molecule has 36 heavy (non-hydrogen) atoms. The Morgan fingerprint density at radius 2 is 1.75 bits per heavy atom. The standard InChI is InChI=1S/C24H24N4O5S3/c1-14-15(2)35-24-22(14)23(25-13-26-24)34-12-21(29)27-17-7-10-19(33-4)20(11-17)36(30,31)28-16-5-8-18(32-3)9-6-16/h5-11,13,28H,12H2,1-4H3,(H,27,29). The van der Waals surface area contributed by atoms with Crippen LogP contribution >= 0.6 is 23.1 Å². The summed E-state index contributed by atoms with van der Waals surface area (Å²) in [7, 11) is -1.09. The van der Waals surface area contributed by atoms with Gasteiger partial charge in [-0.25, -0.2) is 18.4 Å². The minimum Gasteiger partial charge on any atom is -0.497 e. The van der Waals surface area contributed by atoms with Crippen molar-refractivity contribution in [3.05, 3.63) is 59.2 Å². The normalized spacial score (nSPS) is 11.3. The van der Waals surface area contributed by atoms with Gasteiger partial charge in [-0.05, 0) is 61.9 Å². The number of hydrogen-bond acceptors (Lipinski definition) is 9. The Morgan fingerprint density at radius 3 is 2.44 bits per heavy atom. The zero-order valence-corrected chi connectivity index (χ0v) is 22.4. The topological polar surface area (TPSA) is 120 Å². The number of ether oxygens (including phenoxy) is 2. The van der Waals surface area contributed by atoms with Crippen molar-refractivity contribution in [2.24, 2.45) is 0 Å². The van der Waals surface area contributed by atoms with Crippen molar-refractivity contribution in [1.29, 1.82) is 0 Å². The molecule has 0 spiro atoms. The Labute approximate surface area is 217 Å². The molecule has 4 rings (SSSR count). The number of nitrogens with one attached hydrogen (secondary N) is 2. The molecule has 0 saturated carbocycles. The van der Waals surface area contributed by atoms with Crippen molar-refractivity contribution in [3.63, 3.8) is 0 Å². The van der Waals surface area contributed by atoms with E-state index in [2.05, 4.69) is 20.0 Å². The van der Waals surface area contributed by atoms with E-state index < -0.39 is 10.0 Å². The molecule has 4 aromatic rings. The maximum Gasteiger partial charge on any atom is 0.265 e. The van der Waals surface area contributed by atoms with Gasteiger partial charge in [-0.15, -0.1) is 11.3 Å². The van der Waals surface area contributed by atoms with Crippen LogP contribution in [-0.4, -0.2) is 44.3 Å². The summed E-state index contributed by atoms with van der Waals surface area (Å²) in [4.78, 5) is 23.3. The number of rotatable bonds is 9. The zero-order valence-electron chi connectivity index (χ0n) is 20.0. The zero-order chi connectivity index (χ0) is 25.9. The minimum atomic E-state index is -4.00. The number of aryl methyl sites for hydroxylation is 2. The van der Waals surface area contributed by atoms with Crippen LogP contribution in [0.5, 0.6) is 11.5 Å². The Bertz CT molecular complexity index is 1520. The smallest absolute Gasteiger partial charge is 0.265 e. The van der Waals surface area contributed by atoms with Gasteiger partial charge >= 0.3 is 0 Å². The first kappa shape index (κ1) is 25.7. The van der Waals surface area contributed by atoms with Gasteiger partial charge < -0.3 is 14.8 Å². The van der Waals surface area contributed by atoms with Gasteiger partial charge in [0.1, 0.15) is 32.6 Å². The van der Waals surface area contributed by atoms with E-state index in [4.69, 9.17) is 9.47 Å². The second-order valence-electron chi connectivity index (χ2n) is 7.68. The van der Waals surface area contributed by atoms with E-state index in [0.29, 0.717) is 17.1 Å². The number of nitrogens with zero attached hydrogens (tertiary/aromatic N) is 2. The number of fused-ring (bicyclic) bond motifs is 1. The molecule has 12 heteroatoms. The summed E-state index contributed by atoms with van der Waals surface area (Å²) >= 11 is 2.90. The maximum atomic E-state index is 13.1. The molecule has 0 fully saturated rings. The van der Waals surface area contributed by atoms with Gasteiger partial charge in [0, 0.05) is 21.6 Å². The molecule has 0 unspecified atom stereocenters. The molecule has 2 aromatic carbocycles. The van der Waals surface area contributed by atoms with E-state index in [0.717, 1.165) is 25.7 Å². The number of anilines is 2. The van der Waals surface area contributed by atoms with Crippen LogP contribution in [0.1, 0.15) is 10.4 Å². The Kier molecular flexibility index (Phi) is 7.67. The number of hydrogen-bond donors (Lipinski definition) is 2. The number of carbonyl (C=O) groups is 1. The van der Waals surface area contributed by atoms with Crippen LogP contribution in [0.25, 0.3) is 10.2 Å². The van der Waals surface area contributed by atoms with Crippen molar-refractivity contribution >= 4 is 60.6 Å². The molecular formula is C24H24N4O5S3. The predicted molar refractivity (Wildman–Crippen MR) is 143 cm³/mol. The number of aromatic nitrogens is 2. The quantitative estimate of drug-likeness (QED) is 0.227. The summed E-state index contributed by atoms with van der Waals surface area (Å²) in [5, 5.41) is 4.45. The van der Waals surface area contributed by atoms with Crippen LogP contribution in [0.4, 0.5) is 11.4 Å². The number of benzene rings is 2. The molecule has 2 aromatic heterocycles. The number of thiophene rings is 1. The SMILES string of the molecule is COc1ccc(NS(=O)(=O)c2cc(NC(=O)CSc3ncnc4sc(C)c(C)c34)ccc2OC)cc1. The third kappa shape index (κ3) is 5.55. The lowest BCUT2D eigenvalue weighted by Gasteiger charge is -2.14. The monoisotopic (exact) mass is 544 g/mol. The van der Waals surface area contributed by atoms with Crippen LogP contribution in [0.3, 0.4) is 0 Å². The molecule has 2 heterocycles. The second-order valence-corrected chi connectivity index (χ2v) is 11.5. The predicted octanol–water partition coefficient (Wildman–Crippen LogP) is 4.86. The van der Waals surface area contributed by atoms with E-state index in [1.807, 2.05) is 13.8 Å². The number of thioether (sulfide) groups is 1. The van der Waals surface area contributed by atoms with Crippen LogP contribution in [-0.2, 0) is 14.8 Å². The first-order valence-electron chi connectivity index (χ1n) is 10.7. The molecule has 0 aliphatic heterocycles. The largest absolute Gasteiger partial charge is 0.497 e. The Hall–Kier alpha value is -3.35. The van der Waals surface area contributed by atoms with Gasteiger partial charge in [-0.3, -0.25) is 9.52 Å². The van der Waals surface area contributed by atoms with Gasteiger partial charge in [0.2, 0.25) is 5.91 Å². The summed E-state index contributed by atoms with van der Waals surface area (Å²) < 4.78 is 39.1. The number of sulfonamides is 1. The third-order valence-electron chi connectivity index (χ3n) is 5.35. The highest BCUT2D eigenvalue weighted by atomic mass is 32.2. The summed E-state index contributed by atoms with van der Waals surface area (Å²) in [6.07, 6.45) is 1.49. The van der Waals surface area contributed by atoms with Gasteiger partial charge in [0.05, 0.1) is 20.0 Å². The van der Waals surface area contributed by atoms with E-state index >= 15 is 0 Å². The maximum absolute atomic E-state index is 13.1. The van der Waals surface area contributed by atoms with Crippen LogP contribution in [0.15, 0.2) is 58.7 Å². The molecule has 0 aliphatic carbocycles. The summed E-state index contributed by atoms with van der Waals surface area (Å²) in [5.41, 5.74) is 1.79. The first-order chi connectivity index (χ1) is 17.2. The van der Waals surface area contributed by atoms with Gasteiger partial charge in [0.25, 0.3) is 10.0 Å². The van der Waals surface area contributed by atoms with Gasteiger partial charge in [-0.2, -0.15) is 0 Å². The van der Waals surface area contributed by atoms with Crippen molar-refractivity contribution in [2.75, 3.05) is 30.0 Å².